The molecular weight excluding hydrogens is 326 g/mol. The van der Waals surface area contributed by atoms with Crippen LogP contribution >= 0.6 is 0 Å². The van der Waals surface area contributed by atoms with Gasteiger partial charge in [0.2, 0.25) is 0 Å². The third kappa shape index (κ3) is 2.84. The van der Waals surface area contributed by atoms with E-state index >= 15 is 0 Å². The Morgan fingerprint density at radius 1 is 1.15 bits per heavy atom. The fourth-order valence-corrected chi connectivity index (χ4v) is 4.44. The first-order valence-corrected chi connectivity index (χ1v) is 9.34. The van der Waals surface area contributed by atoms with Gasteiger partial charge >= 0.3 is 0 Å². The van der Waals surface area contributed by atoms with Crippen molar-refractivity contribution in [3.63, 3.8) is 0 Å². The highest BCUT2D eigenvalue weighted by atomic mass is 16.2. The summed E-state index contributed by atoms with van der Waals surface area (Å²) >= 11 is 0. The summed E-state index contributed by atoms with van der Waals surface area (Å²) in [7, 11) is 0. The average molecular weight is 349 g/mol. The fourth-order valence-electron chi connectivity index (χ4n) is 4.44. The van der Waals surface area contributed by atoms with Gasteiger partial charge in [0.15, 0.2) is 0 Å². The van der Waals surface area contributed by atoms with Crippen LogP contribution in [-0.4, -0.2) is 33.2 Å². The van der Waals surface area contributed by atoms with Crippen molar-refractivity contribution in [2.24, 2.45) is 5.92 Å². The molecule has 1 amide bonds. The zero-order valence-corrected chi connectivity index (χ0v) is 14.8. The number of benzene rings is 1. The molecule has 1 aromatic carbocycles. The van der Waals surface area contributed by atoms with Crippen LogP contribution in [0, 0.1) is 17.2 Å². The molecule has 4 rings (SSSR count). The highest BCUT2D eigenvalue weighted by molar-refractivity contribution is 5.94. The molecule has 2 fully saturated rings. The van der Waals surface area contributed by atoms with E-state index in [9.17, 15) is 4.79 Å². The van der Waals surface area contributed by atoms with E-state index in [-0.39, 0.29) is 5.91 Å². The smallest absolute Gasteiger partial charge is 0.254 e. The summed E-state index contributed by atoms with van der Waals surface area (Å²) in [6.45, 7) is 0.861. The van der Waals surface area contributed by atoms with Crippen molar-refractivity contribution >= 4 is 11.7 Å². The number of nitrogen functional groups attached to an aromatic ring is 1. The molecule has 1 aliphatic heterocycles. The molecule has 2 aliphatic rings. The van der Waals surface area contributed by atoms with Crippen molar-refractivity contribution in [2.75, 3.05) is 12.3 Å². The normalized spacial score (nSPS) is 20.4. The van der Waals surface area contributed by atoms with Crippen LogP contribution < -0.4 is 5.73 Å². The second kappa shape index (κ2) is 6.83. The zero-order chi connectivity index (χ0) is 18.1. The number of carbonyl (C=O) groups excluding carboxylic acids is 1. The van der Waals surface area contributed by atoms with Gasteiger partial charge in [0.25, 0.3) is 5.91 Å². The minimum atomic E-state index is 0.122. The highest BCUT2D eigenvalue weighted by Crippen LogP contribution is 2.36. The topological polar surface area (TPSA) is 87.9 Å². The number of rotatable bonds is 3. The molecule has 0 bridgehead atoms. The maximum absolute atomic E-state index is 13.0. The molecule has 1 saturated carbocycles. The van der Waals surface area contributed by atoms with Crippen molar-refractivity contribution in [2.45, 2.75) is 44.6 Å². The number of amides is 1. The van der Waals surface area contributed by atoms with Crippen molar-refractivity contribution in [1.82, 2.24) is 14.7 Å². The summed E-state index contributed by atoms with van der Waals surface area (Å²) in [5, 5.41) is 13.1. The minimum Gasteiger partial charge on any atom is -0.382 e. The number of aromatic nitrogens is 2. The van der Waals surface area contributed by atoms with Gasteiger partial charge in [-0.2, -0.15) is 10.4 Å². The predicted octanol–water partition coefficient (Wildman–Crippen LogP) is 3.12. The Balaban J connectivity index is 1.53. The number of nitrogens with zero attached hydrogens (tertiary/aromatic N) is 4. The van der Waals surface area contributed by atoms with Crippen LogP contribution in [0.2, 0.25) is 0 Å². The first kappa shape index (κ1) is 16.6. The Hall–Kier alpha value is -2.81. The van der Waals surface area contributed by atoms with Crippen molar-refractivity contribution in [3.8, 4) is 11.8 Å². The average Bonchev–Trinajstić information content (AvgIpc) is 3.41. The molecule has 2 heterocycles. The molecule has 1 atom stereocenters. The lowest BCUT2D eigenvalue weighted by atomic mass is 9.95. The van der Waals surface area contributed by atoms with E-state index in [0.29, 0.717) is 28.9 Å². The van der Waals surface area contributed by atoms with E-state index in [4.69, 9.17) is 11.0 Å². The van der Waals surface area contributed by atoms with Crippen molar-refractivity contribution in [3.05, 3.63) is 41.6 Å². The molecule has 1 aromatic heterocycles. The number of hydrogen-bond donors (Lipinski definition) is 1. The van der Waals surface area contributed by atoms with Gasteiger partial charge in [-0.25, -0.2) is 4.68 Å². The Labute approximate surface area is 153 Å². The molecule has 0 radical (unpaired) electrons. The van der Waals surface area contributed by atoms with Crippen LogP contribution in [0.4, 0.5) is 5.82 Å². The summed E-state index contributed by atoms with van der Waals surface area (Å²) in [5.41, 5.74) is 7.73. The Morgan fingerprint density at radius 3 is 2.54 bits per heavy atom. The SMILES string of the molecule is N#Cc1cnn(-c2ccc(C(=O)N3CCC[C@@H]3C3CCCC3)cc2)c1N. The van der Waals surface area contributed by atoms with E-state index in [0.717, 1.165) is 25.1 Å². The summed E-state index contributed by atoms with van der Waals surface area (Å²) in [5.74, 6) is 1.11. The number of hydrogen-bond acceptors (Lipinski definition) is 4. The van der Waals surface area contributed by atoms with Crippen LogP contribution in [0.1, 0.15) is 54.4 Å². The number of nitrogens with two attached hydrogens (primary N) is 1. The van der Waals surface area contributed by atoms with Gasteiger partial charge in [-0.1, -0.05) is 12.8 Å². The summed E-state index contributed by atoms with van der Waals surface area (Å²) in [6, 6.07) is 9.74. The second-order valence-corrected chi connectivity index (χ2v) is 7.27. The quantitative estimate of drug-likeness (QED) is 0.922. The van der Waals surface area contributed by atoms with Gasteiger partial charge in [-0.3, -0.25) is 4.79 Å². The summed E-state index contributed by atoms with van der Waals surface area (Å²) < 4.78 is 1.52. The lowest BCUT2D eigenvalue weighted by molar-refractivity contribution is 0.0689. The molecule has 1 aliphatic carbocycles. The summed E-state index contributed by atoms with van der Waals surface area (Å²) in [6.07, 6.45) is 8.80. The molecule has 2 aromatic rings. The van der Waals surface area contributed by atoms with Crippen LogP contribution in [0.3, 0.4) is 0 Å². The van der Waals surface area contributed by atoms with Gasteiger partial charge in [-0.15, -0.1) is 0 Å². The third-order valence-electron chi connectivity index (χ3n) is 5.79. The van der Waals surface area contributed by atoms with Crippen LogP contribution in [0.5, 0.6) is 0 Å². The zero-order valence-electron chi connectivity index (χ0n) is 14.8. The molecule has 2 N–H and O–H groups in total. The van der Waals surface area contributed by atoms with Crippen molar-refractivity contribution in [1.29, 1.82) is 5.26 Å². The van der Waals surface area contributed by atoms with Gasteiger partial charge in [-0.05, 0) is 55.9 Å². The molecule has 0 unspecified atom stereocenters. The fraction of sp³-hybridized carbons (Fsp3) is 0.450. The Bertz CT molecular complexity index is 842. The highest BCUT2D eigenvalue weighted by Gasteiger charge is 2.36. The minimum absolute atomic E-state index is 0.122. The summed E-state index contributed by atoms with van der Waals surface area (Å²) in [4.78, 5) is 15.1. The largest absolute Gasteiger partial charge is 0.382 e. The molecule has 1 saturated heterocycles. The molecular formula is C20H23N5O. The van der Waals surface area contributed by atoms with E-state index in [1.165, 1.54) is 36.6 Å². The molecule has 0 spiro atoms. The van der Waals surface area contributed by atoms with Gasteiger partial charge in [0, 0.05) is 18.2 Å². The standard InChI is InChI=1S/C20H23N5O/c21-12-16-13-23-25(19(16)22)17-9-7-15(8-10-17)20(26)24-11-3-6-18(24)14-4-1-2-5-14/h7-10,13-14,18H,1-6,11,22H2/t18-/m1/s1. The second-order valence-electron chi connectivity index (χ2n) is 7.27. The number of nitriles is 1. The molecule has 6 nitrogen and oxygen atoms in total. The van der Waals surface area contributed by atoms with E-state index in [2.05, 4.69) is 10.00 Å². The number of anilines is 1. The van der Waals surface area contributed by atoms with Crippen LogP contribution in [0.15, 0.2) is 30.5 Å². The molecule has 26 heavy (non-hydrogen) atoms. The molecule has 6 heteroatoms. The van der Waals surface area contributed by atoms with E-state index in [1.54, 1.807) is 0 Å². The van der Waals surface area contributed by atoms with E-state index < -0.39 is 0 Å². The third-order valence-corrected chi connectivity index (χ3v) is 5.79. The van der Waals surface area contributed by atoms with Gasteiger partial charge in [0.05, 0.1) is 11.9 Å². The number of carbonyl (C=O) groups is 1. The van der Waals surface area contributed by atoms with Gasteiger partial charge < -0.3 is 10.6 Å². The molecule has 134 valence electrons. The first-order chi connectivity index (χ1) is 12.7. The Kier molecular flexibility index (Phi) is 4.37. The van der Waals surface area contributed by atoms with E-state index in [1.807, 2.05) is 30.3 Å². The lowest BCUT2D eigenvalue weighted by Crippen LogP contribution is -2.39. The monoisotopic (exact) mass is 349 g/mol. The lowest BCUT2D eigenvalue weighted by Gasteiger charge is -2.29. The Morgan fingerprint density at radius 2 is 1.88 bits per heavy atom. The maximum atomic E-state index is 13.0. The number of likely N-dealkylation sites (tertiary alicyclic amines) is 1. The predicted molar refractivity (Wildman–Crippen MR) is 98.7 cm³/mol. The van der Waals surface area contributed by atoms with Crippen LogP contribution in [-0.2, 0) is 0 Å². The maximum Gasteiger partial charge on any atom is 0.254 e. The van der Waals surface area contributed by atoms with Crippen molar-refractivity contribution < 1.29 is 4.79 Å². The van der Waals surface area contributed by atoms with Gasteiger partial charge in [0.1, 0.15) is 17.5 Å². The first-order valence-electron chi connectivity index (χ1n) is 9.34. The van der Waals surface area contributed by atoms with Crippen LogP contribution in [0.25, 0.3) is 5.69 Å².